The lowest BCUT2D eigenvalue weighted by Crippen LogP contribution is -2.38. The van der Waals surface area contributed by atoms with Crippen LogP contribution in [0.4, 0.5) is 0 Å². The highest BCUT2D eigenvalue weighted by Crippen LogP contribution is 2.12. The Bertz CT molecular complexity index is 613. The fourth-order valence-electron chi connectivity index (χ4n) is 3.22. The number of nitrogens with one attached hydrogen (secondary N) is 2. The molecule has 0 aromatic carbocycles. The maximum absolute atomic E-state index is 11.6. The summed E-state index contributed by atoms with van der Waals surface area (Å²) in [6, 6.07) is 0. The highest BCUT2D eigenvalue weighted by molar-refractivity contribution is 14.0. The summed E-state index contributed by atoms with van der Waals surface area (Å²) in [6.45, 7) is 10.3. The summed E-state index contributed by atoms with van der Waals surface area (Å²) >= 11 is 0. The van der Waals surface area contributed by atoms with Gasteiger partial charge in [0, 0.05) is 51.9 Å². The number of aromatic nitrogens is 2. The Morgan fingerprint density at radius 3 is 2.65 bits per heavy atom. The number of carbonyl (C=O) groups is 1. The van der Waals surface area contributed by atoms with E-state index in [1.54, 1.807) is 0 Å². The maximum atomic E-state index is 11.6. The first-order valence-electron chi connectivity index (χ1n) is 9.32. The molecular weight excluding hydrogens is 443 g/mol. The second-order valence-electron chi connectivity index (χ2n) is 6.55. The minimum atomic E-state index is 0. The molecule has 1 aromatic heterocycles. The van der Waals surface area contributed by atoms with Crippen LogP contribution in [0.15, 0.2) is 4.99 Å². The number of amides is 1. The van der Waals surface area contributed by atoms with Crippen molar-refractivity contribution in [2.75, 3.05) is 32.7 Å². The van der Waals surface area contributed by atoms with Gasteiger partial charge in [-0.25, -0.2) is 0 Å². The van der Waals surface area contributed by atoms with Crippen molar-refractivity contribution in [2.45, 2.75) is 46.5 Å². The zero-order valence-electron chi connectivity index (χ0n) is 16.5. The van der Waals surface area contributed by atoms with Gasteiger partial charge in [-0.1, -0.05) is 0 Å². The Balaban J connectivity index is 0.00000338. The molecule has 1 amide bonds. The first-order chi connectivity index (χ1) is 12.0. The molecule has 1 aliphatic rings. The molecular formula is C18H33IN6O. The summed E-state index contributed by atoms with van der Waals surface area (Å²) in [5, 5.41) is 11.1. The van der Waals surface area contributed by atoms with Gasteiger partial charge in [0.05, 0.1) is 5.69 Å². The summed E-state index contributed by atoms with van der Waals surface area (Å²) in [7, 11) is 1.98. The molecule has 7 nitrogen and oxygen atoms in total. The molecule has 0 radical (unpaired) electrons. The standard InChI is InChI=1S/C18H32N6O.HI/c1-5-19-18(20-10-7-13-24-12-6-8-17(24)25)21-11-9-16-14(2)22-23(4)15(16)3;/h5-13H2,1-4H3,(H2,19,20,21);1H. The highest BCUT2D eigenvalue weighted by atomic mass is 127. The van der Waals surface area contributed by atoms with E-state index in [0.29, 0.717) is 6.42 Å². The number of hydrogen-bond acceptors (Lipinski definition) is 3. The maximum Gasteiger partial charge on any atom is 0.222 e. The summed E-state index contributed by atoms with van der Waals surface area (Å²) in [4.78, 5) is 18.2. The molecule has 0 unspecified atom stereocenters. The number of likely N-dealkylation sites (tertiary alicyclic amines) is 1. The number of rotatable bonds is 8. The summed E-state index contributed by atoms with van der Waals surface area (Å²) in [6.07, 6.45) is 3.54. The zero-order valence-corrected chi connectivity index (χ0v) is 18.8. The fraction of sp³-hybridized carbons (Fsp3) is 0.722. The molecule has 0 spiro atoms. The van der Waals surface area contributed by atoms with Crippen LogP contribution in [0.1, 0.15) is 43.1 Å². The lowest BCUT2D eigenvalue weighted by Gasteiger charge is -2.15. The van der Waals surface area contributed by atoms with Gasteiger partial charge in [-0.15, -0.1) is 24.0 Å². The van der Waals surface area contributed by atoms with E-state index in [-0.39, 0.29) is 29.9 Å². The SMILES string of the molecule is CCNC(=NCCCN1CCCC1=O)NCCc1c(C)nn(C)c1C.I. The van der Waals surface area contributed by atoms with Crippen LogP contribution >= 0.6 is 24.0 Å². The first-order valence-corrected chi connectivity index (χ1v) is 9.32. The van der Waals surface area contributed by atoms with Gasteiger partial charge in [-0.3, -0.25) is 14.5 Å². The van der Waals surface area contributed by atoms with E-state index < -0.39 is 0 Å². The van der Waals surface area contributed by atoms with Gasteiger partial charge in [0.2, 0.25) is 5.91 Å². The first kappa shape index (κ1) is 22.7. The Labute approximate surface area is 174 Å². The Kier molecular flexibility index (Phi) is 9.97. The summed E-state index contributed by atoms with van der Waals surface area (Å²) in [5.41, 5.74) is 3.62. The van der Waals surface area contributed by atoms with Gasteiger partial charge in [0.15, 0.2) is 5.96 Å². The molecule has 0 atom stereocenters. The molecule has 2 heterocycles. The smallest absolute Gasteiger partial charge is 0.222 e. The number of nitrogens with zero attached hydrogens (tertiary/aromatic N) is 4. The molecule has 0 bridgehead atoms. The van der Waals surface area contributed by atoms with Crippen LogP contribution in [-0.2, 0) is 18.3 Å². The van der Waals surface area contributed by atoms with Crippen molar-refractivity contribution in [3.05, 3.63) is 17.0 Å². The lowest BCUT2D eigenvalue weighted by atomic mass is 10.1. The molecule has 2 N–H and O–H groups in total. The van der Waals surface area contributed by atoms with E-state index in [2.05, 4.69) is 41.5 Å². The number of guanidine groups is 1. The topological polar surface area (TPSA) is 74.6 Å². The summed E-state index contributed by atoms with van der Waals surface area (Å²) < 4.78 is 1.93. The predicted octanol–water partition coefficient (Wildman–Crippen LogP) is 1.77. The number of aliphatic imine (C=N–C) groups is 1. The minimum Gasteiger partial charge on any atom is -0.357 e. The van der Waals surface area contributed by atoms with Gasteiger partial charge in [0.25, 0.3) is 0 Å². The summed E-state index contributed by atoms with van der Waals surface area (Å²) in [5.74, 6) is 1.13. The van der Waals surface area contributed by atoms with Crippen LogP contribution in [0.2, 0.25) is 0 Å². The third kappa shape index (κ3) is 6.44. The van der Waals surface area contributed by atoms with Gasteiger partial charge in [0.1, 0.15) is 0 Å². The van der Waals surface area contributed by atoms with Crippen LogP contribution in [0.5, 0.6) is 0 Å². The predicted molar refractivity (Wildman–Crippen MR) is 116 cm³/mol. The van der Waals surface area contributed by atoms with Crippen molar-refractivity contribution in [1.29, 1.82) is 0 Å². The van der Waals surface area contributed by atoms with E-state index in [9.17, 15) is 4.79 Å². The molecule has 1 saturated heterocycles. The van der Waals surface area contributed by atoms with Crippen LogP contribution in [0, 0.1) is 13.8 Å². The molecule has 2 rings (SSSR count). The minimum absolute atomic E-state index is 0. The molecule has 0 aliphatic carbocycles. The Morgan fingerprint density at radius 2 is 2.08 bits per heavy atom. The number of hydrogen-bond donors (Lipinski definition) is 2. The number of halogens is 1. The van der Waals surface area contributed by atoms with Crippen molar-refractivity contribution in [3.8, 4) is 0 Å². The molecule has 26 heavy (non-hydrogen) atoms. The monoisotopic (exact) mass is 476 g/mol. The van der Waals surface area contributed by atoms with Crippen molar-refractivity contribution >= 4 is 35.8 Å². The second kappa shape index (κ2) is 11.4. The van der Waals surface area contributed by atoms with Crippen molar-refractivity contribution in [1.82, 2.24) is 25.3 Å². The number of carbonyl (C=O) groups excluding carboxylic acids is 1. The quantitative estimate of drug-likeness (QED) is 0.260. The second-order valence-corrected chi connectivity index (χ2v) is 6.55. The van der Waals surface area contributed by atoms with Gasteiger partial charge < -0.3 is 15.5 Å². The third-order valence-corrected chi connectivity index (χ3v) is 4.70. The van der Waals surface area contributed by atoms with E-state index >= 15 is 0 Å². The highest BCUT2D eigenvalue weighted by Gasteiger charge is 2.18. The van der Waals surface area contributed by atoms with Crippen LogP contribution in [-0.4, -0.2) is 59.3 Å². The van der Waals surface area contributed by atoms with Crippen LogP contribution in [0.3, 0.4) is 0 Å². The molecule has 148 valence electrons. The van der Waals surface area contributed by atoms with Crippen molar-refractivity contribution in [2.24, 2.45) is 12.0 Å². The molecule has 1 fully saturated rings. The number of aryl methyl sites for hydroxylation is 2. The normalized spacial score (nSPS) is 14.5. The lowest BCUT2D eigenvalue weighted by molar-refractivity contribution is -0.127. The average molecular weight is 476 g/mol. The van der Waals surface area contributed by atoms with E-state index in [0.717, 1.165) is 63.6 Å². The van der Waals surface area contributed by atoms with Gasteiger partial charge in [-0.2, -0.15) is 5.10 Å². The molecule has 1 aromatic rings. The van der Waals surface area contributed by atoms with Gasteiger partial charge in [-0.05, 0) is 45.6 Å². The van der Waals surface area contributed by atoms with Crippen molar-refractivity contribution in [3.63, 3.8) is 0 Å². The van der Waals surface area contributed by atoms with E-state index in [1.165, 1.54) is 11.3 Å². The van der Waals surface area contributed by atoms with Gasteiger partial charge >= 0.3 is 0 Å². The molecule has 0 saturated carbocycles. The van der Waals surface area contributed by atoms with E-state index in [4.69, 9.17) is 0 Å². The van der Waals surface area contributed by atoms with Crippen LogP contribution in [0.25, 0.3) is 0 Å². The van der Waals surface area contributed by atoms with Crippen LogP contribution < -0.4 is 10.6 Å². The van der Waals surface area contributed by atoms with Crippen molar-refractivity contribution < 1.29 is 4.79 Å². The average Bonchev–Trinajstić information content (AvgIpc) is 3.09. The zero-order chi connectivity index (χ0) is 18.2. The third-order valence-electron chi connectivity index (χ3n) is 4.70. The Hall–Kier alpha value is -1.32. The van der Waals surface area contributed by atoms with E-state index in [1.807, 2.05) is 16.6 Å². The Morgan fingerprint density at radius 1 is 1.31 bits per heavy atom. The molecule has 1 aliphatic heterocycles. The molecule has 8 heteroatoms. The fourth-order valence-corrected chi connectivity index (χ4v) is 3.22. The largest absolute Gasteiger partial charge is 0.357 e.